The number of aromatic nitrogens is 1. The Bertz CT molecular complexity index is 922. The van der Waals surface area contributed by atoms with Crippen molar-refractivity contribution in [2.24, 2.45) is 11.3 Å². The molecule has 27 heavy (non-hydrogen) atoms. The maximum absolute atomic E-state index is 13.7. The van der Waals surface area contributed by atoms with Gasteiger partial charge in [0.25, 0.3) is 0 Å². The van der Waals surface area contributed by atoms with Crippen LogP contribution in [-0.2, 0) is 9.53 Å². The summed E-state index contributed by atoms with van der Waals surface area (Å²) in [7, 11) is 0. The van der Waals surface area contributed by atoms with Gasteiger partial charge in [0.1, 0.15) is 11.4 Å². The molecule has 0 N–H and O–H groups in total. The molecular formula is C23H26FNO2. The van der Waals surface area contributed by atoms with Gasteiger partial charge in [-0.15, -0.1) is 0 Å². The fourth-order valence-corrected chi connectivity index (χ4v) is 4.27. The smallest absolute Gasteiger partial charge is 0.312 e. The summed E-state index contributed by atoms with van der Waals surface area (Å²) in [4.78, 5) is 17.1. The molecule has 0 radical (unpaired) electrons. The van der Waals surface area contributed by atoms with Crippen molar-refractivity contribution in [2.45, 2.75) is 58.5 Å². The van der Waals surface area contributed by atoms with E-state index in [0.29, 0.717) is 5.92 Å². The first kappa shape index (κ1) is 18.1. The van der Waals surface area contributed by atoms with Gasteiger partial charge in [-0.3, -0.25) is 9.78 Å². The van der Waals surface area contributed by atoms with Crippen molar-refractivity contribution in [2.75, 3.05) is 0 Å². The number of pyridine rings is 1. The molecule has 2 aromatic rings. The molecule has 4 heteroatoms. The number of esters is 1. The van der Waals surface area contributed by atoms with Crippen molar-refractivity contribution in [3.05, 3.63) is 47.9 Å². The lowest BCUT2D eigenvalue weighted by Gasteiger charge is -2.31. The topological polar surface area (TPSA) is 39.2 Å². The molecule has 0 bridgehead atoms. The van der Waals surface area contributed by atoms with Crippen LogP contribution in [0, 0.1) is 17.2 Å². The summed E-state index contributed by atoms with van der Waals surface area (Å²) in [6.07, 6.45) is 8.60. The summed E-state index contributed by atoms with van der Waals surface area (Å²) in [6, 6.07) is 6.70. The van der Waals surface area contributed by atoms with Crippen LogP contribution in [0.2, 0.25) is 0 Å². The average Bonchev–Trinajstić information content (AvgIpc) is 3.42. The van der Waals surface area contributed by atoms with Crippen LogP contribution < -0.4 is 0 Å². The number of carbonyl (C=O) groups excluding carboxylic acids is 1. The molecule has 0 aliphatic heterocycles. The molecule has 0 amide bonds. The zero-order chi connectivity index (χ0) is 19.2. The first-order chi connectivity index (χ1) is 12.8. The minimum absolute atomic E-state index is 0.0340. The third kappa shape index (κ3) is 3.50. The predicted molar refractivity (Wildman–Crippen MR) is 105 cm³/mol. The molecule has 1 unspecified atom stereocenters. The van der Waals surface area contributed by atoms with Gasteiger partial charge in [0.15, 0.2) is 0 Å². The molecule has 1 saturated carbocycles. The van der Waals surface area contributed by atoms with Gasteiger partial charge in [-0.05, 0) is 94.2 Å². The van der Waals surface area contributed by atoms with E-state index in [9.17, 15) is 9.18 Å². The number of carbonyl (C=O) groups is 1. The van der Waals surface area contributed by atoms with Gasteiger partial charge in [-0.25, -0.2) is 4.39 Å². The number of benzene rings is 1. The van der Waals surface area contributed by atoms with Crippen molar-refractivity contribution in [3.63, 3.8) is 0 Å². The molecule has 1 aromatic carbocycles. The van der Waals surface area contributed by atoms with Crippen LogP contribution in [-0.4, -0.2) is 16.6 Å². The Kier molecular flexibility index (Phi) is 4.32. The first-order valence-corrected chi connectivity index (χ1v) is 9.76. The number of hydrogen-bond donors (Lipinski definition) is 0. The number of allylic oxidation sites excluding steroid dienone is 2. The first-order valence-electron chi connectivity index (χ1n) is 9.76. The maximum Gasteiger partial charge on any atom is 0.312 e. The number of rotatable bonds is 3. The predicted octanol–water partition coefficient (Wildman–Crippen LogP) is 5.68. The third-order valence-corrected chi connectivity index (χ3v) is 5.84. The Morgan fingerprint density at radius 2 is 2.04 bits per heavy atom. The fourth-order valence-electron chi connectivity index (χ4n) is 4.27. The van der Waals surface area contributed by atoms with Crippen molar-refractivity contribution in [3.8, 4) is 0 Å². The van der Waals surface area contributed by atoms with Crippen LogP contribution in [0.4, 0.5) is 4.39 Å². The van der Waals surface area contributed by atoms with E-state index in [1.165, 1.54) is 11.6 Å². The van der Waals surface area contributed by atoms with E-state index in [-0.39, 0.29) is 17.2 Å². The van der Waals surface area contributed by atoms with Gasteiger partial charge in [0.2, 0.25) is 0 Å². The quantitative estimate of drug-likeness (QED) is 0.655. The van der Waals surface area contributed by atoms with Gasteiger partial charge in [-0.1, -0.05) is 6.08 Å². The summed E-state index contributed by atoms with van der Waals surface area (Å²) < 4.78 is 19.4. The Morgan fingerprint density at radius 1 is 1.26 bits per heavy atom. The van der Waals surface area contributed by atoms with E-state index in [1.807, 2.05) is 26.8 Å². The summed E-state index contributed by atoms with van der Waals surface area (Å²) in [5, 5.41) is 0.857. The standard InChI is InChI=1S/C23H26FNO2/c1-22(2,3)27-21(26)23(11-12-23)16-6-4-15(5-7-16)18-10-13-25-20-9-8-17(24)14-19(18)20/h4,8-10,13-14,16H,5-7,11-12H2,1-3H3. The molecule has 3 nitrogen and oxygen atoms in total. The van der Waals surface area contributed by atoms with Crippen LogP contribution in [0.15, 0.2) is 36.5 Å². The molecule has 1 atom stereocenters. The lowest BCUT2D eigenvalue weighted by molar-refractivity contribution is -0.164. The Labute approximate surface area is 159 Å². The number of halogens is 1. The summed E-state index contributed by atoms with van der Waals surface area (Å²) >= 11 is 0. The molecule has 0 spiro atoms. The number of fused-ring (bicyclic) bond motifs is 1. The Hall–Kier alpha value is -2.23. The van der Waals surface area contributed by atoms with Gasteiger partial charge >= 0.3 is 5.97 Å². The highest BCUT2D eigenvalue weighted by Crippen LogP contribution is 2.57. The zero-order valence-corrected chi connectivity index (χ0v) is 16.2. The van der Waals surface area contributed by atoms with Crippen LogP contribution >= 0.6 is 0 Å². The molecule has 2 aliphatic carbocycles. The number of hydrogen-bond acceptors (Lipinski definition) is 3. The van der Waals surface area contributed by atoms with Crippen molar-refractivity contribution in [1.82, 2.24) is 4.98 Å². The lowest BCUT2D eigenvalue weighted by Crippen LogP contribution is -2.34. The largest absolute Gasteiger partial charge is 0.460 e. The molecule has 0 saturated heterocycles. The minimum Gasteiger partial charge on any atom is -0.460 e. The van der Waals surface area contributed by atoms with Crippen LogP contribution in [0.3, 0.4) is 0 Å². The van der Waals surface area contributed by atoms with Crippen LogP contribution in [0.5, 0.6) is 0 Å². The SMILES string of the molecule is CC(C)(C)OC(=O)C1(C2CC=C(c3ccnc4ccc(F)cc34)CC2)CC1. The van der Waals surface area contributed by atoms with Gasteiger partial charge < -0.3 is 4.74 Å². The van der Waals surface area contributed by atoms with E-state index in [1.54, 1.807) is 18.3 Å². The molecule has 2 aliphatic rings. The Balaban J connectivity index is 1.56. The summed E-state index contributed by atoms with van der Waals surface area (Å²) in [6.45, 7) is 5.77. The second kappa shape index (κ2) is 6.43. The van der Waals surface area contributed by atoms with Crippen LogP contribution in [0.1, 0.15) is 58.4 Å². The highest BCUT2D eigenvalue weighted by molar-refractivity contribution is 5.91. The second-order valence-corrected chi connectivity index (χ2v) is 8.88. The highest BCUT2D eigenvalue weighted by Gasteiger charge is 2.57. The summed E-state index contributed by atoms with van der Waals surface area (Å²) in [5.74, 6) is 0.0575. The fraction of sp³-hybridized carbons (Fsp3) is 0.478. The monoisotopic (exact) mass is 367 g/mol. The van der Waals surface area contributed by atoms with Crippen molar-refractivity contribution in [1.29, 1.82) is 0 Å². The second-order valence-electron chi connectivity index (χ2n) is 8.88. The van der Waals surface area contributed by atoms with Gasteiger partial charge in [0.05, 0.1) is 10.9 Å². The molecule has 1 aromatic heterocycles. The average molecular weight is 367 g/mol. The van der Waals surface area contributed by atoms with E-state index >= 15 is 0 Å². The van der Waals surface area contributed by atoms with E-state index in [4.69, 9.17) is 4.74 Å². The highest BCUT2D eigenvalue weighted by atomic mass is 19.1. The number of ether oxygens (including phenoxy) is 1. The Morgan fingerprint density at radius 3 is 2.67 bits per heavy atom. The molecule has 1 heterocycles. The maximum atomic E-state index is 13.7. The number of nitrogens with zero attached hydrogens (tertiary/aromatic N) is 1. The third-order valence-electron chi connectivity index (χ3n) is 5.84. The van der Waals surface area contributed by atoms with E-state index in [0.717, 1.165) is 48.6 Å². The normalized spacial score (nSPS) is 21.6. The van der Waals surface area contributed by atoms with E-state index in [2.05, 4.69) is 11.1 Å². The molecule has 1 fully saturated rings. The molecule has 142 valence electrons. The molecule has 4 rings (SSSR count). The molecular weight excluding hydrogens is 341 g/mol. The van der Waals surface area contributed by atoms with Gasteiger partial charge in [-0.2, -0.15) is 0 Å². The van der Waals surface area contributed by atoms with Crippen molar-refractivity contribution < 1.29 is 13.9 Å². The summed E-state index contributed by atoms with van der Waals surface area (Å²) in [5.41, 5.74) is 2.36. The minimum atomic E-state index is -0.442. The van der Waals surface area contributed by atoms with E-state index < -0.39 is 5.60 Å². The van der Waals surface area contributed by atoms with Gasteiger partial charge in [0, 0.05) is 11.6 Å². The van der Waals surface area contributed by atoms with Crippen LogP contribution in [0.25, 0.3) is 16.5 Å². The zero-order valence-electron chi connectivity index (χ0n) is 16.2. The van der Waals surface area contributed by atoms with Crippen molar-refractivity contribution >= 4 is 22.4 Å². The lowest BCUT2D eigenvalue weighted by atomic mass is 9.77.